The minimum Gasteiger partial charge on any atom is -0.449 e. The zero-order chi connectivity index (χ0) is 16.7. The van der Waals surface area contributed by atoms with Crippen LogP contribution < -0.4 is 10.6 Å². The Bertz CT molecular complexity index is 671. The van der Waals surface area contributed by atoms with Crippen LogP contribution in [-0.4, -0.2) is 24.0 Å². The van der Waals surface area contributed by atoms with Gasteiger partial charge in [-0.05, 0) is 23.9 Å². The second-order valence-corrected chi connectivity index (χ2v) is 5.50. The highest BCUT2D eigenvalue weighted by Crippen LogP contribution is 2.09. The molecule has 0 aliphatic rings. The Balaban J connectivity index is 1.76. The molecule has 0 spiro atoms. The Morgan fingerprint density at radius 2 is 1.91 bits per heavy atom. The summed E-state index contributed by atoms with van der Waals surface area (Å²) in [4.78, 5) is 35.2. The summed E-state index contributed by atoms with van der Waals surface area (Å²) in [6.07, 6.45) is -1.06. The SMILES string of the molecule is C[C@@H](OC(=O)c1ccsc1)C(=O)NC(=O)NCc1ccccc1. The molecule has 0 fully saturated rings. The van der Waals surface area contributed by atoms with Gasteiger partial charge in [-0.15, -0.1) is 0 Å². The number of nitrogens with one attached hydrogen (secondary N) is 2. The topological polar surface area (TPSA) is 84.5 Å². The zero-order valence-corrected chi connectivity index (χ0v) is 13.3. The van der Waals surface area contributed by atoms with Crippen LogP contribution in [0.5, 0.6) is 0 Å². The Morgan fingerprint density at radius 1 is 1.17 bits per heavy atom. The summed E-state index contributed by atoms with van der Waals surface area (Å²) in [5.74, 6) is -1.28. The molecule has 0 unspecified atom stereocenters. The van der Waals surface area contributed by atoms with Gasteiger partial charge in [0.25, 0.3) is 5.91 Å². The number of ether oxygens (including phenoxy) is 1. The summed E-state index contributed by atoms with van der Waals surface area (Å²) in [7, 11) is 0. The van der Waals surface area contributed by atoms with E-state index < -0.39 is 24.0 Å². The molecule has 6 nitrogen and oxygen atoms in total. The highest BCUT2D eigenvalue weighted by molar-refractivity contribution is 7.08. The van der Waals surface area contributed by atoms with Crippen molar-refractivity contribution < 1.29 is 19.1 Å². The summed E-state index contributed by atoms with van der Waals surface area (Å²) >= 11 is 1.35. The van der Waals surface area contributed by atoms with Gasteiger partial charge in [0.15, 0.2) is 6.10 Å². The van der Waals surface area contributed by atoms with Gasteiger partial charge in [-0.2, -0.15) is 11.3 Å². The predicted molar refractivity (Wildman–Crippen MR) is 86.0 cm³/mol. The van der Waals surface area contributed by atoms with Crippen LogP contribution in [0.15, 0.2) is 47.2 Å². The Morgan fingerprint density at radius 3 is 2.57 bits per heavy atom. The number of hydrogen-bond acceptors (Lipinski definition) is 5. The zero-order valence-electron chi connectivity index (χ0n) is 12.4. The van der Waals surface area contributed by atoms with E-state index in [9.17, 15) is 14.4 Å². The number of imide groups is 1. The molecule has 0 aliphatic carbocycles. The fourth-order valence-corrected chi connectivity index (χ4v) is 2.32. The summed E-state index contributed by atoms with van der Waals surface area (Å²) in [6.45, 7) is 1.70. The predicted octanol–water partition coefficient (Wildman–Crippen LogP) is 2.32. The molecule has 2 N–H and O–H groups in total. The van der Waals surface area contributed by atoms with Crippen molar-refractivity contribution in [1.29, 1.82) is 0 Å². The molecule has 23 heavy (non-hydrogen) atoms. The van der Waals surface area contributed by atoms with Crippen LogP contribution in [0.4, 0.5) is 4.79 Å². The molecule has 3 amide bonds. The number of hydrogen-bond donors (Lipinski definition) is 2. The molecular weight excluding hydrogens is 316 g/mol. The second-order valence-electron chi connectivity index (χ2n) is 4.72. The fourth-order valence-electron chi connectivity index (χ4n) is 1.70. The Hall–Kier alpha value is -2.67. The number of esters is 1. The molecular formula is C16H16N2O4S. The van der Waals surface area contributed by atoms with Gasteiger partial charge in [-0.25, -0.2) is 9.59 Å². The summed E-state index contributed by atoms with van der Waals surface area (Å²) < 4.78 is 5.00. The molecule has 1 aromatic heterocycles. The molecule has 1 atom stereocenters. The third kappa shape index (κ3) is 5.23. The average molecular weight is 332 g/mol. The monoisotopic (exact) mass is 332 g/mol. The van der Waals surface area contributed by atoms with Crippen LogP contribution >= 0.6 is 11.3 Å². The van der Waals surface area contributed by atoms with Gasteiger partial charge in [0.1, 0.15) is 0 Å². The van der Waals surface area contributed by atoms with E-state index in [2.05, 4.69) is 10.6 Å². The maximum Gasteiger partial charge on any atom is 0.339 e. The van der Waals surface area contributed by atoms with E-state index in [4.69, 9.17) is 4.74 Å². The van der Waals surface area contributed by atoms with Gasteiger partial charge in [0.05, 0.1) is 5.56 Å². The summed E-state index contributed by atoms with van der Waals surface area (Å²) in [5, 5.41) is 8.05. The first-order chi connectivity index (χ1) is 11.1. The number of rotatable bonds is 5. The maximum absolute atomic E-state index is 11.8. The summed E-state index contributed by atoms with van der Waals surface area (Å²) in [5.41, 5.74) is 1.29. The second kappa shape index (κ2) is 8.09. The number of benzene rings is 1. The van der Waals surface area contributed by atoms with Crippen LogP contribution in [0.1, 0.15) is 22.8 Å². The van der Waals surface area contributed by atoms with Gasteiger partial charge >= 0.3 is 12.0 Å². The fraction of sp³-hybridized carbons (Fsp3) is 0.188. The number of amides is 3. The van der Waals surface area contributed by atoms with E-state index in [0.717, 1.165) is 5.56 Å². The molecule has 0 saturated heterocycles. The lowest BCUT2D eigenvalue weighted by Gasteiger charge is -2.13. The highest BCUT2D eigenvalue weighted by Gasteiger charge is 2.20. The molecule has 0 radical (unpaired) electrons. The number of urea groups is 1. The van der Waals surface area contributed by atoms with Crippen LogP contribution in [0, 0.1) is 0 Å². The minimum atomic E-state index is -1.06. The Kier molecular flexibility index (Phi) is 5.87. The first-order valence-electron chi connectivity index (χ1n) is 6.92. The van der Waals surface area contributed by atoms with Crippen molar-refractivity contribution in [3.63, 3.8) is 0 Å². The molecule has 0 aliphatic heterocycles. The van der Waals surface area contributed by atoms with Crippen LogP contribution in [-0.2, 0) is 16.1 Å². The third-order valence-corrected chi connectivity index (χ3v) is 3.63. The van der Waals surface area contributed by atoms with Crippen molar-refractivity contribution in [1.82, 2.24) is 10.6 Å². The molecule has 0 bridgehead atoms. The standard InChI is InChI=1S/C16H16N2O4S/c1-11(22-15(20)13-7-8-23-10-13)14(19)18-16(21)17-9-12-5-3-2-4-6-12/h2-8,10-11H,9H2,1H3,(H2,17,18,19,21)/t11-/m1/s1. The van der Waals surface area contributed by atoms with E-state index >= 15 is 0 Å². The van der Waals surface area contributed by atoms with E-state index in [1.165, 1.54) is 18.3 Å². The van der Waals surface area contributed by atoms with Crippen molar-refractivity contribution in [3.05, 3.63) is 58.3 Å². The summed E-state index contributed by atoms with van der Waals surface area (Å²) in [6, 6.07) is 10.2. The molecule has 2 rings (SSSR count). The smallest absolute Gasteiger partial charge is 0.339 e. The van der Waals surface area contributed by atoms with E-state index in [0.29, 0.717) is 12.1 Å². The van der Waals surface area contributed by atoms with Gasteiger partial charge in [-0.1, -0.05) is 30.3 Å². The van der Waals surface area contributed by atoms with Crippen LogP contribution in [0.25, 0.3) is 0 Å². The minimum absolute atomic E-state index is 0.295. The van der Waals surface area contributed by atoms with E-state index in [1.54, 1.807) is 16.8 Å². The lowest BCUT2D eigenvalue weighted by Crippen LogP contribution is -2.44. The quantitative estimate of drug-likeness (QED) is 0.823. The maximum atomic E-state index is 11.8. The van der Waals surface area contributed by atoms with Gasteiger partial charge in [0.2, 0.25) is 0 Å². The van der Waals surface area contributed by atoms with Gasteiger partial charge < -0.3 is 10.1 Å². The van der Waals surface area contributed by atoms with E-state index in [-0.39, 0.29) is 0 Å². The van der Waals surface area contributed by atoms with Crippen molar-refractivity contribution in [2.24, 2.45) is 0 Å². The highest BCUT2D eigenvalue weighted by atomic mass is 32.1. The average Bonchev–Trinajstić information content (AvgIpc) is 3.08. The van der Waals surface area contributed by atoms with Gasteiger partial charge in [-0.3, -0.25) is 10.1 Å². The van der Waals surface area contributed by atoms with Crippen molar-refractivity contribution in [2.45, 2.75) is 19.6 Å². The van der Waals surface area contributed by atoms with Crippen molar-refractivity contribution >= 4 is 29.2 Å². The molecule has 0 saturated carbocycles. The lowest BCUT2D eigenvalue weighted by atomic mass is 10.2. The largest absolute Gasteiger partial charge is 0.449 e. The molecule has 1 heterocycles. The Labute approximate surface area is 137 Å². The van der Waals surface area contributed by atoms with Crippen LogP contribution in [0.2, 0.25) is 0 Å². The van der Waals surface area contributed by atoms with Crippen molar-refractivity contribution in [2.75, 3.05) is 0 Å². The van der Waals surface area contributed by atoms with E-state index in [1.807, 2.05) is 30.3 Å². The number of carbonyl (C=O) groups excluding carboxylic acids is 3. The van der Waals surface area contributed by atoms with Crippen molar-refractivity contribution in [3.8, 4) is 0 Å². The molecule has 1 aromatic carbocycles. The number of thiophene rings is 1. The molecule has 2 aromatic rings. The normalized spacial score (nSPS) is 11.3. The van der Waals surface area contributed by atoms with Crippen LogP contribution in [0.3, 0.4) is 0 Å². The first-order valence-corrected chi connectivity index (χ1v) is 7.86. The third-order valence-electron chi connectivity index (χ3n) is 2.94. The lowest BCUT2D eigenvalue weighted by molar-refractivity contribution is -0.127. The van der Waals surface area contributed by atoms with Gasteiger partial charge in [0, 0.05) is 11.9 Å². The number of carbonyl (C=O) groups is 3. The molecule has 7 heteroatoms. The molecule has 120 valence electrons. The first kappa shape index (κ1) is 16.7.